The lowest BCUT2D eigenvalue weighted by Crippen LogP contribution is -2.31. The van der Waals surface area contributed by atoms with Crippen LogP contribution in [0.1, 0.15) is 22.5 Å². The molecule has 0 radical (unpaired) electrons. The molecular weight excluding hydrogens is 374 g/mol. The quantitative estimate of drug-likeness (QED) is 0.503. The maximum absolute atomic E-state index is 12.2. The Kier molecular flexibility index (Phi) is 5.75. The fraction of sp³-hybridized carbons (Fsp3) is 0.208. The third kappa shape index (κ3) is 4.66. The van der Waals surface area contributed by atoms with Crippen LogP contribution >= 0.6 is 0 Å². The minimum atomic E-state index is -0.222. The summed E-state index contributed by atoms with van der Waals surface area (Å²) < 4.78 is 2.13. The number of aromatic nitrogens is 3. The first-order valence-electron chi connectivity index (χ1n) is 10.1. The first kappa shape index (κ1) is 19.6. The lowest BCUT2D eigenvalue weighted by atomic mass is 10.1. The van der Waals surface area contributed by atoms with E-state index in [9.17, 15) is 4.79 Å². The summed E-state index contributed by atoms with van der Waals surface area (Å²) in [7, 11) is 0. The minimum Gasteiger partial charge on any atom is -0.337 e. The van der Waals surface area contributed by atoms with Gasteiger partial charge in [0.25, 0.3) is 0 Å². The Morgan fingerprint density at radius 3 is 2.63 bits per heavy atom. The zero-order chi connectivity index (χ0) is 20.9. The molecule has 6 heteroatoms. The molecule has 0 aliphatic rings. The summed E-state index contributed by atoms with van der Waals surface area (Å²) in [4.78, 5) is 21.5. The average molecular weight is 399 g/mol. The number of imidazole rings is 1. The Balaban J connectivity index is 1.45. The fourth-order valence-corrected chi connectivity index (χ4v) is 3.42. The van der Waals surface area contributed by atoms with E-state index in [4.69, 9.17) is 4.98 Å². The van der Waals surface area contributed by atoms with E-state index in [0.717, 1.165) is 28.2 Å². The molecule has 0 aliphatic carbocycles. The van der Waals surface area contributed by atoms with Crippen LogP contribution in [0.15, 0.2) is 66.9 Å². The second-order valence-electron chi connectivity index (χ2n) is 7.45. The second kappa shape index (κ2) is 8.78. The van der Waals surface area contributed by atoms with E-state index in [1.807, 2.05) is 43.3 Å². The number of hydrogen-bond acceptors (Lipinski definition) is 3. The molecule has 2 aromatic heterocycles. The Morgan fingerprint density at radius 2 is 1.83 bits per heavy atom. The summed E-state index contributed by atoms with van der Waals surface area (Å²) in [5.74, 6) is 0.903. The summed E-state index contributed by atoms with van der Waals surface area (Å²) in [5.41, 5.74) is 6.03. The standard InChI is InChI=1S/C24H25N5O/c1-17-8-10-19(11-9-17)16-29-22(28-21-7-4-13-25-23(21)29)12-14-26-24(30)27-20-6-3-5-18(2)15-20/h3-11,13,15H,12,14,16H2,1-2H3,(H2,26,27,30). The van der Waals surface area contributed by atoms with Crippen LogP contribution in [0.5, 0.6) is 0 Å². The number of aryl methyl sites for hydroxylation is 2. The van der Waals surface area contributed by atoms with Crippen molar-refractivity contribution in [3.05, 3.63) is 89.4 Å². The van der Waals surface area contributed by atoms with Gasteiger partial charge in [-0.2, -0.15) is 0 Å². The van der Waals surface area contributed by atoms with Crippen molar-refractivity contribution in [2.24, 2.45) is 0 Å². The molecule has 4 aromatic rings. The van der Waals surface area contributed by atoms with Gasteiger partial charge in [0.2, 0.25) is 0 Å². The van der Waals surface area contributed by atoms with Crippen LogP contribution in [-0.4, -0.2) is 27.1 Å². The smallest absolute Gasteiger partial charge is 0.319 e. The van der Waals surface area contributed by atoms with Crippen molar-refractivity contribution >= 4 is 22.9 Å². The summed E-state index contributed by atoms with van der Waals surface area (Å²) >= 11 is 0. The van der Waals surface area contributed by atoms with Crippen molar-refractivity contribution in [2.45, 2.75) is 26.8 Å². The second-order valence-corrected chi connectivity index (χ2v) is 7.45. The van der Waals surface area contributed by atoms with Gasteiger partial charge in [0.05, 0.1) is 6.54 Å². The molecule has 0 fully saturated rings. The number of anilines is 1. The van der Waals surface area contributed by atoms with Gasteiger partial charge < -0.3 is 15.2 Å². The SMILES string of the molecule is Cc1ccc(Cn2c(CCNC(=O)Nc3cccc(C)c3)nc3cccnc32)cc1. The number of urea groups is 1. The lowest BCUT2D eigenvalue weighted by molar-refractivity contribution is 0.252. The molecule has 6 nitrogen and oxygen atoms in total. The third-order valence-corrected chi connectivity index (χ3v) is 4.95. The highest BCUT2D eigenvalue weighted by atomic mass is 16.2. The predicted molar refractivity (Wildman–Crippen MR) is 120 cm³/mol. The predicted octanol–water partition coefficient (Wildman–Crippen LogP) is 4.46. The Bertz CT molecular complexity index is 1160. The Hall–Kier alpha value is -3.67. The van der Waals surface area contributed by atoms with Crippen LogP contribution in [0, 0.1) is 13.8 Å². The van der Waals surface area contributed by atoms with Gasteiger partial charge in [-0.3, -0.25) is 0 Å². The number of rotatable bonds is 6. The number of carbonyl (C=O) groups excluding carboxylic acids is 1. The molecule has 30 heavy (non-hydrogen) atoms. The number of amides is 2. The van der Waals surface area contributed by atoms with Gasteiger partial charge in [-0.15, -0.1) is 0 Å². The number of pyridine rings is 1. The summed E-state index contributed by atoms with van der Waals surface area (Å²) in [6, 6.07) is 19.8. The van der Waals surface area contributed by atoms with Crippen molar-refractivity contribution < 1.29 is 4.79 Å². The van der Waals surface area contributed by atoms with E-state index in [1.165, 1.54) is 11.1 Å². The molecule has 2 aromatic carbocycles. The first-order valence-corrected chi connectivity index (χ1v) is 10.1. The van der Waals surface area contributed by atoms with E-state index < -0.39 is 0 Å². The molecule has 0 bridgehead atoms. The zero-order valence-corrected chi connectivity index (χ0v) is 17.2. The first-order chi connectivity index (χ1) is 14.6. The van der Waals surface area contributed by atoms with E-state index in [1.54, 1.807) is 6.20 Å². The normalized spacial score (nSPS) is 10.9. The molecule has 0 atom stereocenters. The van der Waals surface area contributed by atoms with Crippen molar-refractivity contribution in [1.82, 2.24) is 19.9 Å². The summed E-state index contributed by atoms with van der Waals surface area (Å²) in [5, 5.41) is 5.78. The molecule has 0 saturated heterocycles. The van der Waals surface area contributed by atoms with Crippen LogP contribution in [-0.2, 0) is 13.0 Å². The third-order valence-electron chi connectivity index (χ3n) is 4.95. The molecule has 152 valence electrons. The summed E-state index contributed by atoms with van der Waals surface area (Å²) in [6.07, 6.45) is 2.40. The monoisotopic (exact) mass is 399 g/mol. The molecule has 2 N–H and O–H groups in total. The molecular formula is C24H25N5O. The van der Waals surface area contributed by atoms with Gasteiger partial charge in [-0.25, -0.2) is 14.8 Å². The van der Waals surface area contributed by atoms with Gasteiger partial charge in [-0.05, 0) is 49.2 Å². The van der Waals surface area contributed by atoms with Crippen molar-refractivity contribution in [1.29, 1.82) is 0 Å². The zero-order valence-electron chi connectivity index (χ0n) is 17.2. The number of benzene rings is 2. The van der Waals surface area contributed by atoms with Crippen LogP contribution in [0.2, 0.25) is 0 Å². The molecule has 0 unspecified atom stereocenters. The Morgan fingerprint density at radius 1 is 1.00 bits per heavy atom. The maximum atomic E-state index is 12.2. The van der Waals surface area contributed by atoms with Crippen LogP contribution in [0.25, 0.3) is 11.2 Å². The van der Waals surface area contributed by atoms with Crippen molar-refractivity contribution in [3.8, 4) is 0 Å². The fourth-order valence-electron chi connectivity index (χ4n) is 3.42. The highest BCUT2D eigenvalue weighted by Crippen LogP contribution is 2.17. The van der Waals surface area contributed by atoms with Gasteiger partial charge in [0, 0.05) is 24.8 Å². The molecule has 0 aliphatic heterocycles. The average Bonchev–Trinajstić information content (AvgIpc) is 3.07. The number of hydrogen-bond donors (Lipinski definition) is 2. The topological polar surface area (TPSA) is 71.8 Å². The van der Waals surface area contributed by atoms with E-state index in [-0.39, 0.29) is 6.03 Å². The molecule has 4 rings (SSSR count). The van der Waals surface area contributed by atoms with Gasteiger partial charge in [0.1, 0.15) is 11.3 Å². The van der Waals surface area contributed by atoms with Crippen molar-refractivity contribution in [2.75, 3.05) is 11.9 Å². The largest absolute Gasteiger partial charge is 0.337 e. The molecule has 2 heterocycles. The van der Waals surface area contributed by atoms with E-state index in [2.05, 4.69) is 51.4 Å². The van der Waals surface area contributed by atoms with Gasteiger partial charge in [-0.1, -0.05) is 42.0 Å². The number of carbonyl (C=O) groups is 1. The number of nitrogens with zero attached hydrogens (tertiary/aromatic N) is 3. The van der Waals surface area contributed by atoms with Crippen LogP contribution < -0.4 is 10.6 Å². The molecule has 0 spiro atoms. The minimum absolute atomic E-state index is 0.222. The highest BCUT2D eigenvalue weighted by molar-refractivity contribution is 5.89. The van der Waals surface area contributed by atoms with Crippen LogP contribution in [0.4, 0.5) is 10.5 Å². The molecule has 0 saturated carbocycles. The maximum Gasteiger partial charge on any atom is 0.319 e. The number of fused-ring (bicyclic) bond motifs is 1. The Labute approximate surface area is 176 Å². The van der Waals surface area contributed by atoms with Crippen molar-refractivity contribution in [3.63, 3.8) is 0 Å². The van der Waals surface area contributed by atoms with Crippen LogP contribution in [0.3, 0.4) is 0 Å². The number of nitrogens with one attached hydrogen (secondary N) is 2. The summed E-state index contributed by atoms with van der Waals surface area (Å²) in [6.45, 7) is 5.25. The molecule has 2 amide bonds. The lowest BCUT2D eigenvalue weighted by Gasteiger charge is -2.11. The van der Waals surface area contributed by atoms with Gasteiger partial charge in [0.15, 0.2) is 5.65 Å². The van der Waals surface area contributed by atoms with E-state index >= 15 is 0 Å². The van der Waals surface area contributed by atoms with Gasteiger partial charge >= 0.3 is 6.03 Å². The highest BCUT2D eigenvalue weighted by Gasteiger charge is 2.12. The van der Waals surface area contributed by atoms with E-state index in [0.29, 0.717) is 19.5 Å².